The lowest BCUT2D eigenvalue weighted by Gasteiger charge is -1.99. The molecule has 0 fully saturated rings. The van der Waals surface area contributed by atoms with Gasteiger partial charge in [-0.2, -0.15) is 0 Å². The van der Waals surface area contributed by atoms with E-state index in [1.165, 1.54) is 11.3 Å². The predicted molar refractivity (Wildman–Crippen MR) is 80.7 cm³/mol. The third-order valence-corrected chi connectivity index (χ3v) is 3.76. The van der Waals surface area contributed by atoms with Gasteiger partial charge in [-0.1, -0.05) is 0 Å². The van der Waals surface area contributed by atoms with Gasteiger partial charge in [0.05, 0.1) is 5.56 Å². The highest BCUT2D eigenvalue weighted by Gasteiger charge is 2.16. The number of nitrogens with zero attached hydrogens (tertiary/aromatic N) is 1. The lowest BCUT2D eigenvalue weighted by atomic mass is 10.2. The monoisotopic (exact) mass is 302 g/mol. The summed E-state index contributed by atoms with van der Waals surface area (Å²) < 4.78 is 10.9. The largest absolute Gasteiger partial charge is 0.466 e. The van der Waals surface area contributed by atoms with Gasteiger partial charge in [-0.3, -0.25) is 10.1 Å². The third kappa shape index (κ3) is 2.75. The molecule has 3 heterocycles. The van der Waals surface area contributed by atoms with Crippen LogP contribution in [0.15, 0.2) is 32.4 Å². The number of aromatic nitrogens is 1. The van der Waals surface area contributed by atoms with Gasteiger partial charge in [0.25, 0.3) is 5.91 Å². The standard InChI is InChI=1S/C15H14N2O3S/c1-8-4-5-13(20-8)12-7-21-15(16-12)17-14(18)11-6-9(2)19-10(11)3/h4-7H,1-3H3,(H,16,17,18). The predicted octanol–water partition coefficient (Wildman–Crippen LogP) is 4.17. The summed E-state index contributed by atoms with van der Waals surface area (Å²) in [4.78, 5) is 16.5. The molecule has 3 aromatic rings. The van der Waals surface area contributed by atoms with Gasteiger partial charge in [-0.25, -0.2) is 4.98 Å². The summed E-state index contributed by atoms with van der Waals surface area (Å²) in [6.45, 7) is 5.45. The van der Waals surface area contributed by atoms with Crippen LogP contribution >= 0.6 is 11.3 Å². The molecule has 0 saturated heterocycles. The smallest absolute Gasteiger partial charge is 0.260 e. The first kappa shape index (κ1) is 13.6. The zero-order valence-electron chi connectivity index (χ0n) is 11.9. The van der Waals surface area contributed by atoms with Crippen LogP contribution in [-0.4, -0.2) is 10.9 Å². The summed E-state index contributed by atoms with van der Waals surface area (Å²) in [6.07, 6.45) is 0. The Kier molecular flexibility index (Phi) is 3.39. The van der Waals surface area contributed by atoms with Crippen LogP contribution < -0.4 is 5.32 Å². The first-order chi connectivity index (χ1) is 10.0. The molecule has 1 N–H and O–H groups in total. The van der Waals surface area contributed by atoms with Crippen LogP contribution in [-0.2, 0) is 0 Å². The maximum Gasteiger partial charge on any atom is 0.260 e. The molecule has 21 heavy (non-hydrogen) atoms. The minimum atomic E-state index is -0.221. The minimum Gasteiger partial charge on any atom is -0.466 e. The third-order valence-electron chi connectivity index (χ3n) is 3.00. The van der Waals surface area contributed by atoms with Crippen molar-refractivity contribution in [2.24, 2.45) is 0 Å². The van der Waals surface area contributed by atoms with Gasteiger partial charge in [0.15, 0.2) is 10.9 Å². The van der Waals surface area contributed by atoms with Crippen LogP contribution in [0.3, 0.4) is 0 Å². The number of amides is 1. The summed E-state index contributed by atoms with van der Waals surface area (Å²) in [5.74, 6) is 2.61. The lowest BCUT2D eigenvalue weighted by molar-refractivity contribution is 0.102. The van der Waals surface area contributed by atoms with Crippen molar-refractivity contribution in [3.63, 3.8) is 0 Å². The lowest BCUT2D eigenvalue weighted by Crippen LogP contribution is -2.11. The summed E-state index contributed by atoms with van der Waals surface area (Å²) in [5.41, 5.74) is 1.24. The average Bonchev–Trinajstić information content (AvgIpc) is 3.10. The van der Waals surface area contributed by atoms with E-state index in [2.05, 4.69) is 10.3 Å². The maximum absolute atomic E-state index is 12.2. The Morgan fingerprint density at radius 2 is 2.00 bits per heavy atom. The average molecular weight is 302 g/mol. The van der Waals surface area contributed by atoms with Gasteiger partial charge in [0.2, 0.25) is 0 Å². The van der Waals surface area contributed by atoms with Crippen LogP contribution in [0.5, 0.6) is 0 Å². The molecule has 3 aromatic heterocycles. The summed E-state index contributed by atoms with van der Waals surface area (Å²) >= 11 is 1.36. The molecular weight excluding hydrogens is 288 g/mol. The number of aryl methyl sites for hydroxylation is 3. The van der Waals surface area contributed by atoms with Gasteiger partial charge < -0.3 is 8.83 Å². The van der Waals surface area contributed by atoms with E-state index < -0.39 is 0 Å². The van der Waals surface area contributed by atoms with Crippen molar-refractivity contribution >= 4 is 22.4 Å². The zero-order chi connectivity index (χ0) is 15.0. The highest BCUT2D eigenvalue weighted by molar-refractivity contribution is 7.14. The first-order valence-corrected chi connectivity index (χ1v) is 7.31. The number of rotatable bonds is 3. The Labute approximate surface area is 125 Å². The summed E-state index contributed by atoms with van der Waals surface area (Å²) in [5, 5.41) is 5.15. The van der Waals surface area contributed by atoms with Crippen molar-refractivity contribution in [2.75, 3.05) is 5.32 Å². The zero-order valence-corrected chi connectivity index (χ0v) is 12.7. The van der Waals surface area contributed by atoms with Gasteiger partial charge in [0, 0.05) is 5.38 Å². The Balaban J connectivity index is 1.78. The number of nitrogens with one attached hydrogen (secondary N) is 1. The van der Waals surface area contributed by atoms with Gasteiger partial charge in [-0.15, -0.1) is 11.3 Å². The number of carbonyl (C=O) groups is 1. The molecule has 1 amide bonds. The van der Waals surface area contributed by atoms with Crippen molar-refractivity contribution in [1.29, 1.82) is 0 Å². The van der Waals surface area contributed by atoms with Crippen LogP contribution in [0.25, 0.3) is 11.5 Å². The molecule has 6 heteroatoms. The van der Waals surface area contributed by atoms with E-state index in [1.54, 1.807) is 13.0 Å². The summed E-state index contributed by atoms with van der Waals surface area (Å²) in [7, 11) is 0. The van der Waals surface area contributed by atoms with Crippen molar-refractivity contribution in [3.05, 3.63) is 46.4 Å². The van der Waals surface area contributed by atoms with Crippen LogP contribution in [0.2, 0.25) is 0 Å². The maximum atomic E-state index is 12.2. The number of hydrogen-bond acceptors (Lipinski definition) is 5. The second kappa shape index (κ2) is 5.21. The van der Waals surface area contributed by atoms with E-state index in [9.17, 15) is 4.79 Å². The van der Waals surface area contributed by atoms with E-state index in [1.807, 2.05) is 31.4 Å². The Morgan fingerprint density at radius 3 is 2.62 bits per heavy atom. The second-order valence-corrected chi connectivity index (χ2v) is 5.59. The number of carbonyl (C=O) groups excluding carboxylic acids is 1. The molecule has 0 atom stereocenters. The molecule has 3 rings (SSSR count). The minimum absolute atomic E-state index is 0.221. The van der Waals surface area contributed by atoms with Crippen molar-refractivity contribution in [1.82, 2.24) is 4.98 Å². The Bertz CT molecular complexity index is 798. The molecular formula is C15H14N2O3S. The Morgan fingerprint density at radius 1 is 1.19 bits per heavy atom. The molecule has 0 unspecified atom stereocenters. The molecule has 0 spiro atoms. The highest BCUT2D eigenvalue weighted by atomic mass is 32.1. The molecule has 0 aliphatic rings. The van der Waals surface area contributed by atoms with Crippen LogP contribution in [0.1, 0.15) is 27.6 Å². The number of hydrogen-bond donors (Lipinski definition) is 1. The van der Waals surface area contributed by atoms with E-state index in [4.69, 9.17) is 8.83 Å². The van der Waals surface area contributed by atoms with E-state index in [-0.39, 0.29) is 5.91 Å². The normalized spacial score (nSPS) is 10.8. The fourth-order valence-electron chi connectivity index (χ4n) is 2.04. The molecule has 0 aliphatic carbocycles. The van der Waals surface area contributed by atoms with E-state index >= 15 is 0 Å². The van der Waals surface area contributed by atoms with Crippen LogP contribution in [0, 0.1) is 20.8 Å². The van der Waals surface area contributed by atoms with E-state index in [0.29, 0.717) is 33.7 Å². The number of thiazole rings is 1. The molecule has 108 valence electrons. The molecule has 0 saturated carbocycles. The van der Waals surface area contributed by atoms with Crippen molar-refractivity contribution < 1.29 is 13.6 Å². The SMILES string of the molecule is Cc1ccc(-c2csc(NC(=O)c3cc(C)oc3C)n2)o1. The molecule has 5 nitrogen and oxygen atoms in total. The first-order valence-electron chi connectivity index (χ1n) is 6.43. The molecule has 0 aliphatic heterocycles. The fraction of sp³-hybridized carbons (Fsp3) is 0.200. The summed E-state index contributed by atoms with van der Waals surface area (Å²) in [6, 6.07) is 5.46. The van der Waals surface area contributed by atoms with E-state index in [0.717, 1.165) is 5.76 Å². The van der Waals surface area contributed by atoms with Crippen LogP contribution in [0.4, 0.5) is 5.13 Å². The molecule has 0 radical (unpaired) electrons. The second-order valence-electron chi connectivity index (χ2n) is 4.73. The molecule has 0 aromatic carbocycles. The Hall–Kier alpha value is -2.34. The number of anilines is 1. The van der Waals surface area contributed by atoms with Gasteiger partial charge >= 0.3 is 0 Å². The van der Waals surface area contributed by atoms with Crippen molar-refractivity contribution in [3.8, 4) is 11.5 Å². The topological polar surface area (TPSA) is 68.3 Å². The highest BCUT2D eigenvalue weighted by Crippen LogP contribution is 2.27. The quantitative estimate of drug-likeness (QED) is 0.788. The van der Waals surface area contributed by atoms with Crippen molar-refractivity contribution in [2.45, 2.75) is 20.8 Å². The van der Waals surface area contributed by atoms with Gasteiger partial charge in [0.1, 0.15) is 23.0 Å². The fourth-order valence-corrected chi connectivity index (χ4v) is 2.73. The molecule has 0 bridgehead atoms. The van der Waals surface area contributed by atoms with Gasteiger partial charge in [-0.05, 0) is 39.0 Å². The number of furan rings is 2.